The van der Waals surface area contributed by atoms with Gasteiger partial charge in [-0.1, -0.05) is 25.4 Å². The van der Waals surface area contributed by atoms with Gasteiger partial charge in [-0.25, -0.2) is 9.97 Å². The fourth-order valence-corrected chi connectivity index (χ4v) is 2.66. The fraction of sp³-hybridized carbons (Fsp3) is 0.250. The van der Waals surface area contributed by atoms with E-state index in [4.69, 9.17) is 11.6 Å². The Balaban J connectivity index is 2.59. The average Bonchev–Trinajstić information content (AvgIpc) is 2.32. The number of hydrogen-bond acceptors (Lipinski definition) is 3. The Bertz CT molecular complexity index is 588. The van der Waals surface area contributed by atoms with E-state index in [1.54, 1.807) is 12.4 Å². The van der Waals surface area contributed by atoms with E-state index < -0.39 is 0 Å². The van der Waals surface area contributed by atoms with Crippen molar-refractivity contribution in [3.05, 3.63) is 38.3 Å². The molecule has 94 valence electrons. The number of hydrogen-bond donors (Lipinski definition) is 0. The smallest absolute Gasteiger partial charge is 0.162 e. The number of rotatable bonds is 2. The highest BCUT2D eigenvalue weighted by Crippen LogP contribution is 2.31. The molecule has 0 aliphatic heterocycles. The lowest BCUT2D eigenvalue weighted by Crippen LogP contribution is -2.00. The molecular weight excluding hydrogens is 381 g/mol. The van der Waals surface area contributed by atoms with Crippen molar-refractivity contribution in [1.82, 2.24) is 15.0 Å². The summed E-state index contributed by atoms with van der Waals surface area (Å²) in [6.07, 6.45) is 3.43. The van der Waals surface area contributed by atoms with Crippen LogP contribution in [0.1, 0.15) is 25.5 Å². The van der Waals surface area contributed by atoms with Crippen molar-refractivity contribution in [2.45, 2.75) is 19.8 Å². The number of nitrogens with zero attached hydrogens (tertiary/aromatic N) is 3. The zero-order valence-electron chi connectivity index (χ0n) is 9.78. The van der Waals surface area contributed by atoms with Crippen molar-refractivity contribution in [2.75, 3.05) is 0 Å². The Kier molecular flexibility index (Phi) is 4.35. The highest BCUT2D eigenvalue weighted by atomic mass is 79.9. The van der Waals surface area contributed by atoms with Crippen LogP contribution >= 0.6 is 43.5 Å². The van der Waals surface area contributed by atoms with Crippen molar-refractivity contribution in [3.8, 4) is 11.4 Å². The van der Waals surface area contributed by atoms with Gasteiger partial charge in [-0.2, -0.15) is 0 Å². The number of halogens is 3. The van der Waals surface area contributed by atoms with Crippen LogP contribution in [0.2, 0.25) is 5.15 Å². The van der Waals surface area contributed by atoms with Crippen molar-refractivity contribution >= 4 is 43.5 Å². The normalized spacial score (nSPS) is 11.0. The van der Waals surface area contributed by atoms with E-state index in [9.17, 15) is 0 Å². The molecule has 0 aliphatic carbocycles. The summed E-state index contributed by atoms with van der Waals surface area (Å²) < 4.78 is 1.64. The average molecular weight is 391 g/mol. The first-order valence-electron chi connectivity index (χ1n) is 5.33. The lowest BCUT2D eigenvalue weighted by atomic mass is 10.1. The zero-order valence-corrected chi connectivity index (χ0v) is 13.7. The fourth-order valence-electron chi connectivity index (χ4n) is 1.48. The molecule has 0 saturated heterocycles. The second-order valence-corrected chi connectivity index (χ2v) is 6.15. The second kappa shape index (κ2) is 5.63. The molecule has 18 heavy (non-hydrogen) atoms. The minimum absolute atomic E-state index is 0.263. The Labute approximate surface area is 127 Å². The van der Waals surface area contributed by atoms with Gasteiger partial charge in [-0.3, -0.25) is 4.98 Å². The summed E-state index contributed by atoms with van der Waals surface area (Å²) in [5, 5.41) is 0.420. The highest BCUT2D eigenvalue weighted by molar-refractivity contribution is 9.10. The van der Waals surface area contributed by atoms with E-state index in [0.29, 0.717) is 11.0 Å². The van der Waals surface area contributed by atoms with Crippen LogP contribution in [-0.4, -0.2) is 15.0 Å². The van der Waals surface area contributed by atoms with E-state index in [2.05, 4.69) is 60.7 Å². The summed E-state index contributed by atoms with van der Waals surface area (Å²) in [6.45, 7) is 4.12. The van der Waals surface area contributed by atoms with Crippen LogP contribution in [0.15, 0.2) is 27.4 Å². The first kappa shape index (κ1) is 13.9. The maximum absolute atomic E-state index is 6.12. The molecule has 0 aliphatic rings. The highest BCUT2D eigenvalue weighted by Gasteiger charge is 2.14. The SMILES string of the molecule is CC(C)c1nc(-c2cncc(Br)c2)nc(Cl)c1Br. The summed E-state index contributed by atoms with van der Waals surface area (Å²) in [4.78, 5) is 12.9. The van der Waals surface area contributed by atoms with E-state index >= 15 is 0 Å². The van der Waals surface area contributed by atoms with Crippen LogP contribution < -0.4 is 0 Å². The maximum atomic E-state index is 6.12. The van der Waals surface area contributed by atoms with Gasteiger partial charge in [0.15, 0.2) is 5.82 Å². The van der Waals surface area contributed by atoms with Crippen LogP contribution in [0.3, 0.4) is 0 Å². The first-order valence-corrected chi connectivity index (χ1v) is 7.29. The molecule has 6 heteroatoms. The predicted molar refractivity (Wildman–Crippen MR) is 79.8 cm³/mol. The first-order chi connectivity index (χ1) is 8.49. The van der Waals surface area contributed by atoms with Gasteiger partial charge < -0.3 is 0 Å². The third kappa shape index (κ3) is 2.90. The Hall–Kier alpha value is -0.520. The van der Waals surface area contributed by atoms with Gasteiger partial charge in [0.2, 0.25) is 0 Å². The summed E-state index contributed by atoms with van der Waals surface area (Å²) >= 11 is 12.9. The molecular formula is C12H10Br2ClN3. The Morgan fingerprint density at radius 1 is 1.17 bits per heavy atom. The maximum Gasteiger partial charge on any atom is 0.162 e. The van der Waals surface area contributed by atoms with E-state index in [1.807, 2.05) is 6.07 Å². The summed E-state index contributed by atoms with van der Waals surface area (Å²) in [5.41, 5.74) is 1.73. The second-order valence-electron chi connectivity index (χ2n) is 4.08. The molecule has 0 aromatic carbocycles. The van der Waals surface area contributed by atoms with Crippen LogP contribution in [-0.2, 0) is 0 Å². The number of pyridine rings is 1. The molecule has 0 saturated carbocycles. The molecule has 3 nitrogen and oxygen atoms in total. The Morgan fingerprint density at radius 3 is 2.50 bits per heavy atom. The molecule has 0 amide bonds. The third-order valence-corrected chi connectivity index (χ3v) is 4.06. The molecule has 0 radical (unpaired) electrons. The standard InChI is InChI=1S/C12H10Br2ClN3/c1-6(2)10-9(14)11(15)18-12(17-10)7-3-8(13)5-16-4-7/h3-6H,1-2H3. The summed E-state index contributed by atoms with van der Waals surface area (Å²) in [5.74, 6) is 0.847. The minimum Gasteiger partial charge on any atom is -0.263 e. The zero-order chi connectivity index (χ0) is 13.3. The van der Waals surface area contributed by atoms with Crippen molar-refractivity contribution < 1.29 is 0 Å². The molecule has 2 rings (SSSR count). The lowest BCUT2D eigenvalue weighted by Gasteiger charge is -2.10. The Morgan fingerprint density at radius 2 is 1.89 bits per heavy atom. The van der Waals surface area contributed by atoms with Gasteiger partial charge in [-0.15, -0.1) is 0 Å². The van der Waals surface area contributed by atoms with Crippen molar-refractivity contribution in [2.24, 2.45) is 0 Å². The molecule has 0 unspecified atom stereocenters. The van der Waals surface area contributed by atoms with Gasteiger partial charge in [0.1, 0.15) is 5.15 Å². The molecule has 0 N–H and O–H groups in total. The predicted octanol–water partition coefficient (Wildman–Crippen LogP) is 4.84. The van der Waals surface area contributed by atoms with Gasteiger partial charge in [-0.05, 0) is 43.8 Å². The molecule has 2 aromatic heterocycles. The largest absolute Gasteiger partial charge is 0.263 e. The van der Waals surface area contributed by atoms with Gasteiger partial charge in [0.25, 0.3) is 0 Å². The quantitative estimate of drug-likeness (QED) is 0.688. The minimum atomic E-state index is 0.263. The van der Waals surface area contributed by atoms with E-state index in [1.165, 1.54) is 0 Å². The monoisotopic (exact) mass is 389 g/mol. The van der Waals surface area contributed by atoms with E-state index in [-0.39, 0.29) is 5.92 Å². The number of aromatic nitrogens is 3. The molecule has 0 atom stereocenters. The van der Waals surface area contributed by atoms with Crippen molar-refractivity contribution in [3.63, 3.8) is 0 Å². The van der Waals surface area contributed by atoms with Crippen LogP contribution in [0.4, 0.5) is 0 Å². The van der Waals surface area contributed by atoms with Crippen LogP contribution in [0, 0.1) is 0 Å². The molecule has 0 bridgehead atoms. The van der Waals surface area contributed by atoms with Crippen LogP contribution in [0.5, 0.6) is 0 Å². The van der Waals surface area contributed by atoms with Crippen LogP contribution in [0.25, 0.3) is 11.4 Å². The third-order valence-electron chi connectivity index (χ3n) is 2.35. The van der Waals surface area contributed by atoms with Gasteiger partial charge in [0.05, 0.1) is 10.2 Å². The lowest BCUT2D eigenvalue weighted by molar-refractivity contribution is 0.809. The summed E-state index contributed by atoms with van der Waals surface area (Å²) in [7, 11) is 0. The molecule has 2 aromatic rings. The molecule has 0 fully saturated rings. The topological polar surface area (TPSA) is 38.7 Å². The molecule has 2 heterocycles. The van der Waals surface area contributed by atoms with Crippen molar-refractivity contribution in [1.29, 1.82) is 0 Å². The van der Waals surface area contributed by atoms with Gasteiger partial charge >= 0.3 is 0 Å². The summed E-state index contributed by atoms with van der Waals surface area (Å²) in [6, 6.07) is 1.91. The molecule has 0 spiro atoms. The van der Waals surface area contributed by atoms with E-state index in [0.717, 1.165) is 20.2 Å². The van der Waals surface area contributed by atoms with Gasteiger partial charge in [0, 0.05) is 22.4 Å².